The van der Waals surface area contributed by atoms with E-state index in [1.807, 2.05) is 13.8 Å². The van der Waals surface area contributed by atoms with Gasteiger partial charge in [-0.05, 0) is 26.3 Å². The average Bonchev–Trinajstić information content (AvgIpc) is 2.93. The Balaban J connectivity index is 2.19. The maximum absolute atomic E-state index is 6.05. The van der Waals surface area contributed by atoms with E-state index < -0.39 is 0 Å². The maximum Gasteiger partial charge on any atom is 0.153 e. The molecule has 0 radical (unpaired) electrons. The molecule has 0 unspecified atom stereocenters. The van der Waals surface area contributed by atoms with Crippen LogP contribution in [-0.2, 0) is 0 Å². The number of aromatic amines is 1. The smallest absolute Gasteiger partial charge is 0.153 e. The van der Waals surface area contributed by atoms with E-state index in [1.165, 1.54) is 5.56 Å². The Labute approximate surface area is 121 Å². The predicted molar refractivity (Wildman–Crippen MR) is 83.8 cm³/mol. The summed E-state index contributed by atoms with van der Waals surface area (Å²) in [5, 5.41) is 8.27. The lowest BCUT2D eigenvalue weighted by molar-refractivity contribution is 1.10. The molecule has 2 heterocycles. The van der Waals surface area contributed by atoms with Crippen LogP contribution in [0, 0.1) is 20.8 Å². The van der Waals surface area contributed by atoms with Crippen molar-refractivity contribution in [3.05, 3.63) is 40.5 Å². The Bertz CT molecular complexity index is 753. The van der Waals surface area contributed by atoms with Crippen LogP contribution in [0.4, 0.5) is 5.82 Å². The van der Waals surface area contributed by atoms with Gasteiger partial charge in [0.25, 0.3) is 0 Å². The van der Waals surface area contributed by atoms with Crippen LogP contribution < -0.4 is 5.73 Å². The number of nitrogen functional groups attached to an aromatic ring is 1. The Morgan fingerprint density at radius 3 is 2.40 bits per heavy atom. The van der Waals surface area contributed by atoms with Crippen molar-refractivity contribution in [1.82, 2.24) is 15.2 Å². The molecule has 0 saturated heterocycles. The van der Waals surface area contributed by atoms with Crippen molar-refractivity contribution in [1.29, 1.82) is 0 Å². The number of nitrogens with two attached hydrogens (primary N) is 1. The first-order chi connectivity index (χ1) is 9.56. The van der Waals surface area contributed by atoms with Crippen molar-refractivity contribution in [2.45, 2.75) is 20.8 Å². The van der Waals surface area contributed by atoms with Gasteiger partial charge in [0.1, 0.15) is 0 Å². The van der Waals surface area contributed by atoms with Crippen molar-refractivity contribution in [2.75, 3.05) is 5.73 Å². The summed E-state index contributed by atoms with van der Waals surface area (Å²) in [6, 6.07) is 8.30. The summed E-state index contributed by atoms with van der Waals surface area (Å²) in [4.78, 5) is 5.57. The van der Waals surface area contributed by atoms with E-state index >= 15 is 0 Å². The zero-order valence-electron chi connectivity index (χ0n) is 11.7. The molecule has 0 saturated carbocycles. The quantitative estimate of drug-likeness (QED) is 0.754. The van der Waals surface area contributed by atoms with E-state index in [0.29, 0.717) is 5.82 Å². The van der Waals surface area contributed by atoms with Gasteiger partial charge >= 0.3 is 0 Å². The number of nitrogens with one attached hydrogen (secondary N) is 1. The van der Waals surface area contributed by atoms with Gasteiger partial charge in [0.2, 0.25) is 0 Å². The molecule has 0 spiro atoms. The van der Waals surface area contributed by atoms with Crippen LogP contribution in [0.2, 0.25) is 0 Å². The van der Waals surface area contributed by atoms with Crippen LogP contribution in [-0.4, -0.2) is 15.2 Å². The highest BCUT2D eigenvalue weighted by Gasteiger charge is 2.18. The third-order valence-electron chi connectivity index (χ3n) is 3.27. The molecule has 0 amide bonds. The number of H-pyrrole nitrogens is 1. The minimum atomic E-state index is 0.523. The third kappa shape index (κ3) is 2.10. The fourth-order valence-electron chi connectivity index (χ4n) is 2.30. The van der Waals surface area contributed by atoms with Crippen LogP contribution in [0.15, 0.2) is 24.3 Å². The Morgan fingerprint density at radius 1 is 1.10 bits per heavy atom. The molecular weight excluding hydrogens is 268 g/mol. The van der Waals surface area contributed by atoms with Gasteiger partial charge in [-0.3, -0.25) is 5.10 Å². The lowest BCUT2D eigenvalue weighted by atomic mass is 10.0. The fourth-order valence-corrected chi connectivity index (χ4v) is 3.22. The normalized spacial score (nSPS) is 10.9. The first-order valence-electron chi connectivity index (χ1n) is 6.41. The maximum atomic E-state index is 6.05. The topological polar surface area (TPSA) is 67.6 Å². The van der Waals surface area contributed by atoms with Gasteiger partial charge in [-0.25, -0.2) is 4.98 Å². The molecule has 3 rings (SSSR count). The Kier molecular flexibility index (Phi) is 3.06. The molecule has 20 heavy (non-hydrogen) atoms. The standard InChI is InChI=1S/C15H16N4S/c1-8-4-6-11(7-5-8)12-13(18-19-15(12)16)14-9(2)17-10(3)20-14/h4-7H,1-3H3,(H3,16,18,19). The second-order valence-corrected chi connectivity index (χ2v) is 6.08. The summed E-state index contributed by atoms with van der Waals surface area (Å²) in [5.41, 5.74) is 11.3. The van der Waals surface area contributed by atoms with E-state index in [9.17, 15) is 0 Å². The van der Waals surface area contributed by atoms with Gasteiger partial charge in [0.15, 0.2) is 5.82 Å². The molecule has 0 atom stereocenters. The number of benzene rings is 1. The number of anilines is 1. The monoisotopic (exact) mass is 284 g/mol. The lowest BCUT2D eigenvalue weighted by Gasteiger charge is -2.04. The van der Waals surface area contributed by atoms with Gasteiger partial charge in [-0.15, -0.1) is 11.3 Å². The van der Waals surface area contributed by atoms with Crippen molar-refractivity contribution in [3.8, 4) is 21.7 Å². The van der Waals surface area contributed by atoms with Crippen LogP contribution in [0.1, 0.15) is 16.3 Å². The molecule has 2 aromatic heterocycles. The summed E-state index contributed by atoms with van der Waals surface area (Å²) in [6.07, 6.45) is 0. The van der Waals surface area contributed by atoms with E-state index in [2.05, 4.69) is 46.4 Å². The van der Waals surface area contributed by atoms with Gasteiger partial charge in [0, 0.05) is 0 Å². The molecule has 3 N–H and O–H groups in total. The minimum Gasteiger partial charge on any atom is -0.382 e. The predicted octanol–water partition coefficient (Wildman–Crippen LogP) is 3.71. The summed E-state index contributed by atoms with van der Waals surface area (Å²) in [5.74, 6) is 0.523. The van der Waals surface area contributed by atoms with Gasteiger partial charge < -0.3 is 5.73 Å². The zero-order valence-corrected chi connectivity index (χ0v) is 12.5. The summed E-state index contributed by atoms with van der Waals surface area (Å²) in [7, 11) is 0. The second-order valence-electron chi connectivity index (χ2n) is 4.87. The van der Waals surface area contributed by atoms with Crippen LogP contribution in [0.5, 0.6) is 0 Å². The molecule has 0 aliphatic carbocycles. The van der Waals surface area contributed by atoms with E-state index in [1.54, 1.807) is 11.3 Å². The molecule has 4 nitrogen and oxygen atoms in total. The number of hydrogen-bond donors (Lipinski definition) is 2. The highest BCUT2D eigenvalue weighted by Crippen LogP contribution is 2.38. The van der Waals surface area contributed by atoms with Crippen LogP contribution in [0.3, 0.4) is 0 Å². The lowest BCUT2D eigenvalue weighted by Crippen LogP contribution is -1.89. The average molecular weight is 284 g/mol. The Hall–Kier alpha value is -2.14. The molecule has 102 valence electrons. The van der Waals surface area contributed by atoms with Gasteiger partial charge in [-0.1, -0.05) is 29.8 Å². The van der Waals surface area contributed by atoms with E-state index in [4.69, 9.17) is 5.73 Å². The third-order valence-corrected chi connectivity index (χ3v) is 4.36. The minimum absolute atomic E-state index is 0.523. The summed E-state index contributed by atoms with van der Waals surface area (Å²) < 4.78 is 0. The molecule has 5 heteroatoms. The largest absolute Gasteiger partial charge is 0.382 e. The number of hydrogen-bond acceptors (Lipinski definition) is 4. The molecule has 1 aromatic carbocycles. The molecule has 0 aliphatic rings. The van der Waals surface area contributed by atoms with Crippen molar-refractivity contribution in [2.24, 2.45) is 0 Å². The highest BCUT2D eigenvalue weighted by atomic mass is 32.1. The van der Waals surface area contributed by atoms with E-state index in [0.717, 1.165) is 32.4 Å². The number of aryl methyl sites for hydroxylation is 3. The van der Waals surface area contributed by atoms with Gasteiger partial charge in [-0.2, -0.15) is 5.10 Å². The number of rotatable bonds is 2. The Morgan fingerprint density at radius 2 is 1.80 bits per heavy atom. The zero-order chi connectivity index (χ0) is 14.3. The van der Waals surface area contributed by atoms with Crippen LogP contribution in [0.25, 0.3) is 21.7 Å². The van der Waals surface area contributed by atoms with Crippen molar-refractivity contribution < 1.29 is 0 Å². The van der Waals surface area contributed by atoms with Gasteiger partial charge in [0.05, 0.1) is 26.8 Å². The fraction of sp³-hybridized carbons (Fsp3) is 0.200. The second kappa shape index (κ2) is 4.76. The number of thiazole rings is 1. The summed E-state index contributed by atoms with van der Waals surface area (Å²) >= 11 is 1.65. The molecule has 0 bridgehead atoms. The van der Waals surface area contributed by atoms with Crippen LogP contribution >= 0.6 is 11.3 Å². The summed E-state index contributed by atoms with van der Waals surface area (Å²) in [6.45, 7) is 6.08. The number of nitrogens with zero attached hydrogens (tertiary/aromatic N) is 2. The molecule has 0 fully saturated rings. The van der Waals surface area contributed by atoms with Crippen molar-refractivity contribution in [3.63, 3.8) is 0 Å². The van der Waals surface area contributed by atoms with E-state index in [-0.39, 0.29) is 0 Å². The molecule has 0 aliphatic heterocycles. The SMILES string of the molecule is Cc1ccc(-c2c(N)n[nH]c2-c2sc(C)nc2C)cc1. The number of aromatic nitrogens is 3. The highest BCUT2D eigenvalue weighted by molar-refractivity contribution is 7.15. The molecular formula is C15H16N4S. The first kappa shape index (κ1) is 12.9. The first-order valence-corrected chi connectivity index (χ1v) is 7.23. The van der Waals surface area contributed by atoms with Crippen molar-refractivity contribution >= 4 is 17.2 Å². The molecule has 3 aromatic rings.